The SMILES string of the molecule is Brc1ccc(/C=C\I)s1. The van der Waals surface area contributed by atoms with Crippen molar-refractivity contribution in [3.05, 3.63) is 24.9 Å². The molecule has 0 unspecified atom stereocenters. The monoisotopic (exact) mass is 314 g/mol. The third-order valence-corrected chi connectivity index (χ3v) is 2.77. The molecule has 1 aromatic rings. The lowest BCUT2D eigenvalue weighted by molar-refractivity contribution is 1.93. The van der Waals surface area contributed by atoms with Crippen LogP contribution in [0.2, 0.25) is 0 Å². The van der Waals surface area contributed by atoms with E-state index in [1.165, 1.54) is 8.66 Å². The zero-order valence-corrected chi connectivity index (χ0v) is 9.03. The fraction of sp³-hybridized carbons (Fsp3) is 0. The van der Waals surface area contributed by atoms with Gasteiger partial charge in [-0.25, -0.2) is 0 Å². The Morgan fingerprint density at radius 2 is 2.33 bits per heavy atom. The highest BCUT2D eigenvalue weighted by molar-refractivity contribution is 14.1. The first kappa shape index (κ1) is 7.75. The molecule has 48 valence electrons. The van der Waals surface area contributed by atoms with Gasteiger partial charge in [0.2, 0.25) is 0 Å². The maximum absolute atomic E-state index is 3.38. The van der Waals surface area contributed by atoms with Gasteiger partial charge in [0, 0.05) is 4.88 Å². The Balaban J connectivity index is 2.85. The Bertz CT molecular complexity index is 217. The van der Waals surface area contributed by atoms with Gasteiger partial charge in [0.05, 0.1) is 3.79 Å². The van der Waals surface area contributed by atoms with E-state index in [0.717, 1.165) is 0 Å². The van der Waals surface area contributed by atoms with Gasteiger partial charge in [0.15, 0.2) is 0 Å². The summed E-state index contributed by atoms with van der Waals surface area (Å²) in [5.41, 5.74) is 0. The summed E-state index contributed by atoms with van der Waals surface area (Å²) in [7, 11) is 0. The zero-order valence-electron chi connectivity index (χ0n) is 4.47. The molecule has 3 heteroatoms. The highest BCUT2D eigenvalue weighted by Gasteiger charge is 1.89. The first-order valence-corrected chi connectivity index (χ1v) is 5.20. The molecular weight excluding hydrogens is 311 g/mol. The third-order valence-electron chi connectivity index (χ3n) is 0.821. The molecule has 1 rings (SSSR count). The second kappa shape index (κ2) is 3.73. The van der Waals surface area contributed by atoms with E-state index in [1.807, 2.05) is 4.08 Å². The summed E-state index contributed by atoms with van der Waals surface area (Å²) in [5, 5.41) is 0. The molecule has 0 aliphatic heterocycles. The van der Waals surface area contributed by atoms with Crippen molar-refractivity contribution < 1.29 is 0 Å². The molecular formula is C6H4BrIS. The topological polar surface area (TPSA) is 0 Å². The van der Waals surface area contributed by atoms with Gasteiger partial charge in [-0.05, 0) is 38.2 Å². The van der Waals surface area contributed by atoms with Gasteiger partial charge in [0.1, 0.15) is 0 Å². The molecule has 0 spiro atoms. The number of halogens is 2. The van der Waals surface area contributed by atoms with Crippen LogP contribution in [0.5, 0.6) is 0 Å². The van der Waals surface area contributed by atoms with Crippen molar-refractivity contribution >= 4 is 55.9 Å². The summed E-state index contributed by atoms with van der Waals surface area (Å²) in [6.07, 6.45) is 2.08. The van der Waals surface area contributed by atoms with Gasteiger partial charge >= 0.3 is 0 Å². The summed E-state index contributed by atoms with van der Waals surface area (Å²) in [6, 6.07) is 4.14. The van der Waals surface area contributed by atoms with Gasteiger partial charge in [-0.2, -0.15) is 0 Å². The van der Waals surface area contributed by atoms with Gasteiger partial charge in [0.25, 0.3) is 0 Å². The smallest absolute Gasteiger partial charge is 0.0704 e. The van der Waals surface area contributed by atoms with Gasteiger partial charge < -0.3 is 0 Å². The summed E-state index contributed by atoms with van der Waals surface area (Å²) < 4.78 is 3.20. The van der Waals surface area contributed by atoms with E-state index in [9.17, 15) is 0 Å². The van der Waals surface area contributed by atoms with Crippen LogP contribution in [0.4, 0.5) is 0 Å². The normalized spacial score (nSPS) is 10.9. The summed E-state index contributed by atoms with van der Waals surface area (Å²) in [5.74, 6) is 0. The molecule has 0 aliphatic carbocycles. The van der Waals surface area contributed by atoms with Crippen molar-refractivity contribution in [1.29, 1.82) is 0 Å². The molecule has 1 heterocycles. The molecule has 0 N–H and O–H groups in total. The number of hydrogen-bond donors (Lipinski definition) is 0. The molecule has 0 bridgehead atoms. The highest BCUT2D eigenvalue weighted by Crippen LogP contribution is 2.23. The Hall–Kier alpha value is 0.650. The molecule has 0 radical (unpaired) electrons. The van der Waals surface area contributed by atoms with Crippen LogP contribution in [0.25, 0.3) is 6.08 Å². The first-order valence-electron chi connectivity index (χ1n) is 2.35. The Morgan fingerprint density at radius 1 is 1.56 bits per heavy atom. The summed E-state index contributed by atoms with van der Waals surface area (Å²) in [6.45, 7) is 0. The van der Waals surface area contributed by atoms with E-state index in [1.54, 1.807) is 11.3 Å². The molecule has 1 aromatic heterocycles. The Morgan fingerprint density at radius 3 is 2.78 bits per heavy atom. The lowest BCUT2D eigenvalue weighted by Crippen LogP contribution is -1.48. The van der Waals surface area contributed by atoms with Crippen molar-refractivity contribution in [2.75, 3.05) is 0 Å². The van der Waals surface area contributed by atoms with Crippen LogP contribution >= 0.6 is 49.9 Å². The molecule has 9 heavy (non-hydrogen) atoms. The number of thiophene rings is 1. The maximum atomic E-state index is 3.38. The van der Waals surface area contributed by atoms with Gasteiger partial charge in [-0.3, -0.25) is 0 Å². The van der Waals surface area contributed by atoms with Crippen molar-refractivity contribution in [3.8, 4) is 0 Å². The van der Waals surface area contributed by atoms with Gasteiger partial charge in [-0.15, -0.1) is 11.3 Å². The minimum atomic E-state index is 1.19. The van der Waals surface area contributed by atoms with Gasteiger partial charge in [-0.1, -0.05) is 22.6 Å². The molecule has 0 fully saturated rings. The molecule has 0 nitrogen and oxygen atoms in total. The average Bonchev–Trinajstić information content (AvgIpc) is 2.17. The van der Waals surface area contributed by atoms with Crippen LogP contribution in [0.1, 0.15) is 4.88 Å². The van der Waals surface area contributed by atoms with E-state index < -0.39 is 0 Å². The van der Waals surface area contributed by atoms with Crippen molar-refractivity contribution in [3.63, 3.8) is 0 Å². The van der Waals surface area contributed by atoms with Crippen molar-refractivity contribution in [2.45, 2.75) is 0 Å². The average molecular weight is 315 g/mol. The van der Waals surface area contributed by atoms with E-state index in [0.29, 0.717) is 0 Å². The fourth-order valence-corrected chi connectivity index (χ4v) is 2.44. The number of hydrogen-bond acceptors (Lipinski definition) is 1. The second-order valence-electron chi connectivity index (χ2n) is 1.43. The molecule has 0 saturated carbocycles. The van der Waals surface area contributed by atoms with Crippen molar-refractivity contribution in [2.24, 2.45) is 0 Å². The molecule has 0 aromatic carbocycles. The zero-order chi connectivity index (χ0) is 6.69. The highest BCUT2D eigenvalue weighted by atomic mass is 127. The third kappa shape index (κ3) is 2.39. The van der Waals surface area contributed by atoms with Crippen LogP contribution in [0.15, 0.2) is 20.0 Å². The quantitative estimate of drug-likeness (QED) is 0.689. The molecule has 0 saturated heterocycles. The predicted molar refractivity (Wildman–Crippen MR) is 55.1 cm³/mol. The largest absolute Gasteiger partial charge is 0.129 e. The van der Waals surface area contributed by atoms with Crippen LogP contribution in [0.3, 0.4) is 0 Å². The minimum absolute atomic E-state index is 1.19. The van der Waals surface area contributed by atoms with E-state index >= 15 is 0 Å². The Kier molecular flexibility index (Phi) is 3.21. The minimum Gasteiger partial charge on any atom is -0.129 e. The fourth-order valence-electron chi connectivity index (χ4n) is 0.480. The maximum Gasteiger partial charge on any atom is 0.0704 e. The predicted octanol–water partition coefficient (Wildman–Crippen LogP) is 3.92. The van der Waals surface area contributed by atoms with Crippen LogP contribution in [-0.4, -0.2) is 0 Å². The standard InChI is InChI=1S/C6H4BrIS/c7-6-2-1-5(9-6)3-4-8/h1-4H/b4-3-. The lowest BCUT2D eigenvalue weighted by atomic mass is 10.5. The van der Waals surface area contributed by atoms with Crippen molar-refractivity contribution in [1.82, 2.24) is 0 Å². The van der Waals surface area contributed by atoms with Crippen LogP contribution in [-0.2, 0) is 0 Å². The number of rotatable bonds is 1. The first-order chi connectivity index (χ1) is 4.33. The van der Waals surface area contributed by atoms with E-state index in [2.05, 4.69) is 56.7 Å². The van der Waals surface area contributed by atoms with E-state index in [4.69, 9.17) is 0 Å². The lowest BCUT2D eigenvalue weighted by Gasteiger charge is -1.75. The van der Waals surface area contributed by atoms with Crippen LogP contribution in [0, 0.1) is 0 Å². The molecule has 0 amide bonds. The molecule has 0 aliphatic rings. The Labute approximate surface area is 80.2 Å². The van der Waals surface area contributed by atoms with E-state index in [-0.39, 0.29) is 0 Å². The second-order valence-corrected chi connectivity index (χ2v) is 4.65. The summed E-state index contributed by atoms with van der Waals surface area (Å²) in [4.78, 5) is 1.29. The summed E-state index contributed by atoms with van der Waals surface area (Å²) >= 11 is 7.33. The van der Waals surface area contributed by atoms with Crippen LogP contribution < -0.4 is 0 Å². The molecule has 0 atom stereocenters.